The SMILES string of the molecule is O=S(=O)(Cl)OCCCOS(=O)(=O)Cl. The zero-order chi connectivity index (χ0) is 10.5. The predicted octanol–water partition coefficient (Wildman–Crippen LogP) is 0.377. The van der Waals surface area contributed by atoms with E-state index >= 15 is 0 Å². The van der Waals surface area contributed by atoms with Crippen LogP contribution in [0.1, 0.15) is 6.42 Å². The Morgan fingerprint density at radius 3 is 1.38 bits per heavy atom. The standard InChI is InChI=1S/C3H6Cl2O6S2/c4-12(6,7)10-2-1-3-11-13(5,8)9/h1-3H2. The Bertz CT molecular complexity index is 297. The molecule has 0 heterocycles. The summed E-state index contributed by atoms with van der Waals surface area (Å²) in [6.07, 6.45) is 0.0396. The van der Waals surface area contributed by atoms with Crippen LogP contribution in [0.3, 0.4) is 0 Å². The first kappa shape index (κ1) is 13.4. The van der Waals surface area contributed by atoms with E-state index in [4.69, 9.17) is 0 Å². The minimum atomic E-state index is -4.01. The molecule has 0 aromatic carbocycles. The molecule has 0 radical (unpaired) electrons. The van der Waals surface area contributed by atoms with Gasteiger partial charge in [0, 0.05) is 21.4 Å². The minimum absolute atomic E-state index is 0.0396. The van der Waals surface area contributed by atoms with Crippen molar-refractivity contribution >= 4 is 40.0 Å². The summed E-state index contributed by atoms with van der Waals surface area (Å²) in [4.78, 5) is 0. The lowest BCUT2D eigenvalue weighted by Gasteiger charge is -1.98. The van der Waals surface area contributed by atoms with Crippen LogP contribution in [-0.2, 0) is 27.0 Å². The molecule has 0 spiro atoms. The summed E-state index contributed by atoms with van der Waals surface area (Å²) in [6, 6.07) is 0. The lowest BCUT2D eigenvalue weighted by Crippen LogP contribution is -2.05. The Morgan fingerprint density at radius 2 is 1.15 bits per heavy atom. The Hall–Kier alpha value is 0.400. The van der Waals surface area contributed by atoms with Crippen molar-refractivity contribution in [2.75, 3.05) is 13.2 Å². The van der Waals surface area contributed by atoms with Crippen molar-refractivity contribution in [3.05, 3.63) is 0 Å². The number of hydrogen-bond donors (Lipinski definition) is 0. The van der Waals surface area contributed by atoms with Crippen LogP contribution < -0.4 is 0 Å². The molecule has 0 aromatic heterocycles. The molecule has 0 aliphatic heterocycles. The van der Waals surface area contributed by atoms with Gasteiger partial charge in [-0.3, -0.25) is 8.37 Å². The van der Waals surface area contributed by atoms with E-state index in [1.54, 1.807) is 0 Å². The van der Waals surface area contributed by atoms with E-state index in [1.165, 1.54) is 0 Å². The van der Waals surface area contributed by atoms with Gasteiger partial charge in [0.25, 0.3) is 0 Å². The Kier molecular flexibility index (Phi) is 5.49. The van der Waals surface area contributed by atoms with Crippen molar-refractivity contribution in [3.8, 4) is 0 Å². The van der Waals surface area contributed by atoms with Crippen LogP contribution in [0.2, 0.25) is 0 Å². The van der Waals surface area contributed by atoms with Crippen LogP contribution in [0.15, 0.2) is 0 Å². The van der Waals surface area contributed by atoms with Crippen LogP contribution in [0.25, 0.3) is 0 Å². The van der Waals surface area contributed by atoms with Gasteiger partial charge in [-0.2, -0.15) is 16.8 Å². The topological polar surface area (TPSA) is 86.7 Å². The lowest BCUT2D eigenvalue weighted by atomic mass is 10.5. The Labute approximate surface area is 85.0 Å². The highest BCUT2D eigenvalue weighted by molar-refractivity contribution is 8.10. The average molecular weight is 273 g/mol. The van der Waals surface area contributed by atoms with E-state index < -0.39 is 18.7 Å². The van der Waals surface area contributed by atoms with Crippen LogP contribution in [0, 0.1) is 0 Å². The normalized spacial score (nSPS) is 13.1. The monoisotopic (exact) mass is 272 g/mol. The molecule has 0 saturated heterocycles. The fourth-order valence-electron chi connectivity index (χ4n) is 0.376. The molecule has 13 heavy (non-hydrogen) atoms. The number of halogens is 2. The van der Waals surface area contributed by atoms with E-state index in [0.717, 1.165) is 0 Å². The van der Waals surface area contributed by atoms with E-state index in [-0.39, 0.29) is 19.6 Å². The van der Waals surface area contributed by atoms with Gasteiger partial charge in [0.05, 0.1) is 13.2 Å². The zero-order valence-corrected chi connectivity index (χ0v) is 9.29. The molecule has 0 aliphatic rings. The van der Waals surface area contributed by atoms with E-state index in [2.05, 4.69) is 29.7 Å². The molecule has 80 valence electrons. The average Bonchev–Trinajstić information content (AvgIpc) is 1.81. The highest BCUT2D eigenvalue weighted by Crippen LogP contribution is 2.02. The molecule has 0 saturated carbocycles. The fourth-order valence-corrected chi connectivity index (χ4v) is 1.39. The van der Waals surface area contributed by atoms with Crippen molar-refractivity contribution in [2.45, 2.75) is 6.42 Å². The largest absolute Gasteiger partial charge is 0.355 e. The highest BCUT2D eigenvalue weighted by Gasteiger charge is 2.06. The highest BCUT2D eigenvalue weighted by atomic mass is 35.7. The molecule has 0 rings (SSSR count). The molecule has 0 fully saturated rings. The first-order chi connectivity index (χ1) is 5.71. The van der Waals surface area contributed by atoms with E-state index in [1.807, 2.05) is 0 Å². The fraction of sp³-hybridized carbons (Fsp3) is 1.00. The predicted molar refractivity (Wildman–Crippen MR) is 46.1 cm³/mol. The lowest BCUT2D eigenvalue weighted by molar-refractivity contribution is 0.262. The maximum absolute atomic E-state index is 10.1. The third-order valence-electron chi connectivity index (χ3n) is 0.737. The van der Waals surface area contributed by atoms with Crippen molar-refractivity contribution in [2.24, 2.45) is 0 Å². The summed E-state index contributed by atoms with van der Waals surface area (Å²) < 4.78 is 48.7. The summed E-state index contributed by atoms with van der Waals surface area (Å²) in [6.45, 7) is -0.531. The molecule has 0 bridgehead atoms. The summed E-state index contributed by atoms with van der Waals surface area (Å²) in [7, 11) is 1.32. The molecule has 0 N–H and O–H groups in total. The summed E-state index contributed by atoms with van der Waals surface area (Å²) in [5, 5.41) is 0. The maximum Gasteiger partial charge on any atom is 0.355 e. The molecule has 6 nitrogen and oxygen atoms in total. The smallest absolute Gasteiger partial charge is 0.258 e. The zero-order valence-electron chi connectivity index (χ0n) is 6.14. The summed E-state index contributed by atoms with van der Waals surface area (Å²) in [5.74, 6) is 0. The van der Waals surface area contributed by atoms with Gasteiger partial charge in [0.15, 0.2) is 0 Å². The van der Waals surface area contributed by atoms with Crippen LogP contribution >= 0.6 is 21.4 Å². The van der Waals surface area contributed by atoms with Gasteiger partial charge in [-0.1, -0.05) is 0 Å². The van der Waals surface area contributed by atoms with Crippen LogP contribution in [0.5, 0.6) is 0 Å². The van der Waals surface area contributed by atoms with E-state index in [0.29, 0.717) is 0 Å². The molecular weight excluding hydrogens is 267 g/mol. The molecule has 0 aliphatic carbocycles. The second kappa shape index (κ2) is 5.32. The van der Waals surface area contributed by atoms with Crippen molar-refractivity contribution in [3.63, 3.8) is 0 Å². The maximum atomic E-state index is 10.1. The van der Waals surface area contributed by atoms with Gasteiger partial charge in [-0.25, -0.2) is 0 Å². The molecular formula is C3H6Cl2O6S2. The van der Waals surface area contributed by atoms with Gasteiger partial charge >= 0.3 is 18.7 Å². The molecule has 10 heteroatoms. The quantitative estimate of drug-likeness (QED) is 0.513. The Balaban J connectivity index is 3.50. The van der Waals surface area contributed by atoms with Gasteiger partial charge in [-0.15, -0.1) is 0 Å². The second-order valence-electron chi connectivity index (χ2n) is 1.78. The van der Waals surface area contributed by atoms with Gasteiger partial charge in [-0.05, 0) is 6.42 Å². The van der Waals surface area contributed by atoms with Crippen molar-refractivity contribution in [1.29, 1.82) is 0 Å². The minimum Gasteiger partial charge on any atom is -0.258 e. The van der Waals surface area contributed by atoms with Crippen LogP contribution in [0.4, 0.5) is 0 Å². The molecule has 0 atom stereocenters. The first-order valence-electron chi connectivity index (χ1n) is 2.89. The summed E-state index contributed by atoms with van der Waals surface area (Å²) in [5.41, 5.74) is 0. The number of rotatable bonds is 6. The van der Waals surface area contributed by atoms with Crippen molar-refractivity contribution in [1.82, 2.24) is 0 Å². The van der Waals surface area contributed by atoms with Crippen LogP contribution in [-0.4, -0.2) is 30.0 Å². The van der Waals surface area contributed by atoms with Gasteiger partial charge in [0.1, 0.15) is 0 Å². The molecule has 0 aromatic rings. The summed E-state index contributed by atoms with van der Waals surface area (Å²) >= 11 is 0. The molecule has 0 amide bonds. The second-order valence-corrected chi connectivity index (χ2v) is 6.10. The van der Waals surface area contributed by atoms with Gasteiger partial charge in [0.2, 0.25) is 0 Å². The first-order valence-corrected chi connectivity index (χ1v) is 7.35. The van der Waals surface area contributed by atoms with E-state index in [9.17, 15) is 16.8 Å². The molecule has 0 unspecified atom stereocenters. The Morgan fingerprint density at radius 1 is 0.846 bits per heavy atom. The third-order valence-corrected chi connectivity index (χ3v) is 2.17. The van der Waals surface area contributed by atoms with Gasteiger partial charge < -0.3 is 0 Å². The number of hydrogen-bond acceptors (Lipinski definition) is 6. The van der Waals surface area contributed by atoms with Crippen molar-refractivity contribution < 1.29 is 25.2 Å². The third kappa shape index (κ3) is 12.4.